The molecular weight excluding hydrogens is 807 g/mol. The monoisotopic (exact) mass is 857 g/mol. The van der Waals surface area contributed by atoms with Crippen molar-refractivity contribution in [1.82, 2.24) is 4.98 Å². The Morgan fingerprint density at radius 1 is 0.735 bits per heavy atom. The first-order chi connectivity index (χ1) is 22.3. The van der Waals surface area contributed by atoms with E-state index in [4.69, 9.17) is 8.85 Å². The van der Waals surface area contributed by atoms with Crippen molar-refractivity contribution in [1.29, 1.82) is 0 Å². The molecule has 11 heteroatoms. The third kappa shape index (κ3) is 11.3. The minimum Gasteiger partial charge on any atom is -0.543 e. The third-order valence-corrected chi connectivity index (χ3v) is 21.1. The Labute approximate surface area is 316 Å². The smallest absolute Gasteiger partial charge is 0.416 e. The van der Waals surface area contributed by atoms with E-state index in [0.29, 0.717) is 5.56 Å². The van der Waals surface area contributed by atoms with Gasteiger partial charge in [0.2, 0.25) is 16.6 Å². The number of hydrogen-bond donors (Lipinski definition) is 0. The van der Waals surface area contributed by atoms with Crippen LogP contribution in [0, 0.1) is 24.3 Å². The average molecular weight is 858 g/mol. The molecule has 3 nitrogen and oxygen atoms in total. The number of aromatic nitrogens is 1. The van der Waals surface area contributed by atoms with Gasteiger partial charge in [-0.25, -0.2) is 4.98 Å². The SMILES string of the molecule is Cc1cc(I)ccc1O[Si](C)(C)C(C)(C)C.Cc1cc(SCc2sc(-c3ccc(C(F)(F)F)cc3)nc2C)ccc1O[Si](C)(C)C(C)(C)C. The van der Waals surface area contributed by atoms with Crippen LogP contribution in [-0.2, 0) is 11.9 Å². The van der Waals surface area contributed by atoms with Crippen molar-refractivity contribution >= 4 is 62.3 Å². The predicted octanol–water partition coefficient (Wildman–Crippen LogP) is 14.1. The van der Waals surface area contributed by atoms with Gasteiger partial charge in [-0.2, -0.15) is 13.2 Å². The van der Waals surface area contributed by atoms with Gasteiger partial charge in [-0.1, -0.05) is 53.7 Å². The zero-order valence-electron chi connectivity index (χ0n) is 31.1. The van der Waals surface area contributed by atoms with Crippen LogP contribution in [0.1, 0.15) is 68.8 Å². The van der Waals surface area contributed by atoms with Crippen molar-refractivity contribution in [2.75, 3.05) is 0 Å². The molecule has 0 fully saturated rings. The molecule has 0 saturated heterocycles. The molecule has 0 aliphatic rings. The van der Waals surface area contributed by atoms with Gasteiger partial charge in [0.15, 0.2) is 0 Å². The van der Waals surface area contributed by atoms with Gasteiger partial charge in [0.05, 0.1) is 11.3 Å². The van der Waals surface area contributed by atoms with E-state index in [1.54, 1.807) is 11.8 Å². The summed E-state index contributed by atoms with van der Waals surface area (Å²) in [5.74, 6) is 2.75. The molecule has 49 heavy (non-hydrogen) atoms. The molecule has 1 aromatic heterocycles. The molecule has 3 aromatic carbocycles. The maximum absolute atomic E-state index is 12.8. The van der Waals surface area contributed by atoms with Gasteiger partial charge in [-0.15, -0.1) is 23.1 Å². The van der Waals surface area contributed by atoms with Crippen LogP contribution in [0.15, 0.2) is 65.6 Å². The standard InChI is InChI=1S/C25H30F3NOS2Si.C13H21IOSi/c1-16-14-20(12-13-21(16)30-33(6,7)24(3,4)5)31-15-22-17(2)29-23(32-22)18-8-10-19(11-9-18)25(26,27)28;1-10-9-11(14)7-8-12(10)15-16(5,6)13(2,3)4/h8-14H,15H2,1-7H3;7-9H,1-6H3. The van der Waals surface area contributed by atoms with E-state index >= 15 is 0 Å². The molecule has 0 radical (unpaired) electrons. The molecule has 0 spiro atoms. The summed E-state index contributed by atoms with van der Waals surface area (Å²) in [6.45, 7) is 28.7. The molecular formula is C38H51F3INO2S2Si2. The fourth-order valence-corrected chi connectivity index (χ4v) is 9.07. The molecule has 4 rings (SSSR count). The van der Waals surface area contributed by atoms with Gasteiger partial charge in [0.25, 0.3) is 0 Å². The molecule has 0 aliphatic carbocycles. The van der Waals surface area contributed by atoms with Crippen LogP contribution in [0.3, 0.4) is 0 Å². The van der Waals surface area contributed by atoms with E-state index in [-0.39, 0.29) is 10.1 Å². The molecule has 0 N–H and O–H groups in total. The lowest BCUT2D eigenvalue weighted by atomic mass is 10.1. The number of benzene rings is 3. The Kier molecular flexibility index (Phi) is 13.4. The Hall–Kier alpha value is -1.81. The summed E-state index contributed by atoms with van der Waals surface area (Å²) in [5, 5.41) is 1.13. The van der Waals surface area contributed by atoms with Crippen LogP contribution >= 0.6 is 45.7 Å². The topological polar surface area (TPSA) is 31.4 Å². The van der Waals surface area contributed by atoms with Crippen LogP contribution in [0.5, 0.6) is 11.5 Å². The van der Waals surface area contributed by atoms with Crippen molar-refractivity contribution in [2.45, 2.75) is 115 Å². The van der Waals surface area contributed by atoms with Crippen LogP contribution in [0.25, 0.3) is 10.6 Å². The third-order valence-electron chi connectivity index (χ3n) is 9.35. The molecule has 0 aliphatic heterocycles. The molecule has 1 heterocycles. The number of thiazole rings is 1. The highest BCUT2D eigenvalue weighted by atomic mass is 127. The van der Waals surface area contributed by atoms with Gasteiger partial charge < -0.3 is 8.85 Å². The van der Waals surface area contributed by atoms with Crippen LogP contribution in [-0.4, -0.2) is 21.6 Å². The van der Waals surface area contributed by atoms with Crippen molar-refractivity contribution < 1.29 is 22.0 Å². The number of alkyl halides is 3. The lowest BCUT2D eigenvalue weighted by Gasteiger charge is -2.37. The number of rotatable bonds is 8. The second-order valence-corrected chi connectivity index (χ2v) is 28.3. The van der Waals surface area contributed by atoms with Crippen molar-refractivity contribution in [3.8, 4) is 22.1 Å². The average Bonchev–Trinajstić information content (AvgIpc) is 3.33. The highest BCUT2D eigenvalue weighted by Gasteiger charge is 2.40. The van der Waals surface area contributed by atoms with E-state index < -0.39 is 28.4 Å². The van der Waals surface area contributed by atoms with Crippen molar-refractivity contribution in [3.63, 3.8) is 0 Å². The molecule has 0 unspecified atom stereocenters. The first-order valence-electron chi connectivity index (χ1n) is 16.3. The lowest BCUT2D eigenvalue weighted by molar-refractivity contribution is -0.137. The van der Waals surface area contributed by atoms with Crippen molar-refractivity contribution in [2.24, 2.45) is 0 Å². The minimum atomic E-state index is -4.33. The lowest BCUT2D eigenvalue weighted by Crippen LogP contribution is -2.44. The van der Waals surface area contributed by atoms with Gasteiger partial charge in [-0.3, -0.25) is 0 Å². The Bertz CT molecular complexity index is 1720. The number of halogens is 4. The summed E-state index contributed by atoms with van der Waals surface area (Å²) >= 11 is 5.59. The second-order valence-electron chi connectivity index (χ2n) is 15.5. The van der Waals surface area contributed by atoms with E-state index in [1.165, 1.54) is 32.6 Å². The largest absolute Gasteiger partial charge is 0.543 e. The maximum atomic E-state index is 12.8. The quantitative estimate of drug-likeness (QED) is 0.100. The fourth-order valence-electron chi connectivity index (χ4n) is 4.05. The molecule has 0 amide bonds. The van der Waals surface area contributed by atoms with Gasteiger partial charge in [0.1, 0.15) is 16.5 Å². The van der Waals surface area contributed by atoms with Gasteiger partial charge in [0, 0.05) is 24.7 Å². The highest BCUT2D eigenvalue weighted by molar-refractivity contribution is 14.1. The fraction of sp³-hybridized carbons (Fsp3) is 0.447. The molecule has 268 valence electrons. The summed E-state index contributed by atoms with van der Waals surface area (Å²) in [5.41, 5.74) is 3.33. The molecule has 0 saturated carbocycles. The van der Waals surface area contributed by atoms with Crippen molar-refractivity contribution in [3.05, 3.63) is 91.5 Å². The Morgan fingerprint density at radius 3 is 1.67 bits per heavy atom. The summed E-state index contributed by atoms with van der Waals surface area (Å²) in [6.07, 6.45) is -4.33. The van der Waals surface area contributed by atoms with Gasteiger partial charge in [-0.05, 0) is 139 Å². The van der Waals surface area contributed by atoms with Crippen LogP contribution in [0.4, 0.5) is 13.2 Å². The van der Waals surface area contributed by atoms with Crippen LogP contribution in [0.2, 0.25) is 36.3 Å². The summed E-state index contributed by atoms with van der Waals surface area (Å²) in [6, 6.07) is 17.9. The molecule has 4 aromatic rings. The zero-order valence-corrected chi connectivity index (χ0v) is 36.9. The maximum Gasteiger partial charge on any atom is 0.416 e. The predicted molar refractivity (Wildman–Crippen MR) is 218 cm³/mol. The summed E-state index contributed by atoms with van der Waals surface area (Å²) in [4.78, 5) is 6.86. The number of thioether (sulfide) groups is 1. The Morgan fingerprint density at radius 2 is 1.22 bits per heavy atom. The second kappa shape index (κ2) is 15.8. The normalized spacial score (nSPS) is 12.8. The first-order valence-corrected chi connectivity index (χ1v) is 25.0. The van der Waals surface area contributed by atoms with E-state index in [9.17, 15) is 13.2 Å². The van der Waals surface area contributed by atoms with Gasteiger partial charge >= 0.3 is 6.18 Å². The number of nitrogens with zero attached hydrogens (tertiary/aromatic N) is 1. The zero-order chi connectivity index (χ0) is 37.2. The molecule has 0 atom stereocenters. The molecule has 0 bridgehead atoms. The van der Waals surface area contributed by atoms with Crippen LogP contribution < -0.4 is 8.85 Å². The minimum absolute atomic E-state index is 0.140. The number of aryl methyl sites for hydroxylation is 3. The number of hydrogen-bond acceptors (Lipinski definition) is 5. The Balaban J connectivity index is 0.000000341. The van der Waals surface area contributed by atoms with E-state index in [2.05, 4.69) is 146 Å². The first kappa shape index (κ1) is 41.6. The summed E-state index contributed by atoms with van der Waals surface area (Å²) in [7, 11) is -3.59. The highest BCUT2D eigenvalue weighted by Crippen LogP contribution is 2.41. The summed E-state index contributed by atoms with van der Waals surface area (Å²) < 4.78 is 52.5. The van der Waals surface area contributed by atoms with E-state index in [0.717, 1.165) is 55.4 Å². The van der Waals surface area contributed by atoms with E-state index in [1.807, 2.05) is 6.92 Å².